The molecule has 0 aliphatic heterocycles. The molecule has 0 amide bonds. The minimum atomic E-state index is -4.51. The summed E-state index contributed by atoms with van der Waals surface area (Å²) in [6.07, 6.45) is 1.13. The molecule has 162 valence electrons. The summed E-state index contributed by atoms with van der Waals surface area (Å²) < 4.78 is 54.3. The Morgan fingerprint density at radius 2 is 1.84 bits per heavy atom. The fourth-order valence-corrected chi connectivity index (χ4v) is 4.08. The van der Waals surface area contributed by atoms with Crippen molar-refractivity contribution in [3.05, 3.63) is 83.6 Å². The average molecular weight is 447 g/mol. The molecule has 0 spiro atoms. The van der Waals surface area contributed by atoms with Crippen molar-refractivity contribution in [2.45, 2.75) is 18.4 Å². The number of carboxylic acid groups (broad SMARTS) is 1. The Balaban J connectivity index is 1.94. The number of hydrogen-bond donors (Lipinski definition) is 2. The van der Waals surface area contributed by atoms with E-state index in [2.05, 4.69) is 9.71 Å². The number of hydrogen-bond acceptors (Lipinski definition) is 5. The molecule has 31 heavy (non-hydrogen) atoms. The van der Waals surface area contributed by atoms with E-state index < -0.39 is 32.5 Å². The van der Waals surface area contributed by atoms with E-state index in [1.165, 1.54) is 0 Å². The zero-order valence-corrected chi connectivity index (χ0v) is 17.2. The van der Waals surface area contributed by atoms with E-state index in [9.17, 15) is 27.1 Å². The number of carbonyl (C=O) groups is 1. The first-order valence-electron chi connectivity index (χ1n) is 9.21. The third-order valence-electron chi connectivity index (χ3n) is 4.43. The lowest BCUT2D eigenvalue weighted by molar-refractivity contribution is 0.0697. The lowest BCUT2D eigenvalue weighted by Gasteiger charge is -2.24. The van der Waals surface area contributed by atoms with Crippen LogP contribution in [0, 0.1) is 11.6 Å². The molecular weight excluding hydrogens is 428 g/mol. The van der Waals surface area contributed by atoms with Gasteiger partial charge in [-0.05, 0) is 36.8 Å². The van der Waals surface area contributed by atoms with Crippen LogP contribution in [0.25, 0.3) is 0 Å². The molecule has 0 aliphatic rings. The summed E-state index contributed by atoms with van der Waals surface area (Å²) >= 11 is 0. The molecule has 2 N–H and O–H groups in total. The number of pyridine rings is 1. The van der Waals surface area contributed by atoms with E-state index in [0.717, 1.165) is 23.9 Å². The number of rotatable bonds is 8. The van der Waals surface area contributed by atoms with Crippen LogP contribution in [-0.2, 0) is 16.6 Å². The summed E-state index contributed by atoms with van der Waals surface area (Å²) in [5.41, 5.74) is 0.507. The molecule has 0 fully saturated rings. The van der Waals surface area contributed by atoms with Crippen LogP contribution in [0.3, 0.4) is 0 Å². The highest BCUT2D eigenvalue weighted by Gasteiger charge is 2.23. The van der Waals surface area contributed by atoms with Gasteiger partial charge in [-0.2, -0.15) is 0 Å². The van der Waals surface area contributed by atoms with Gasteiger partial charge in [0.2, 0.25) is 0 Å². The number of sulfonamides is 1. The zero-order chi connectivity index (χ0) is 22.6. The van der Waals surface area contributed by atoms with Gasteiger partial charge in [0.1, 0.15) is 27.9 Å². The third-order valence-corrected chi connectivity index (χ3v) is 5.83. The smallest absolute Gasteiger partial charge is 0.339 e. The zero-order valence-electron chi connectivity index (χ0n) is 16.4. The molecule has 1 aromatic heterocycles. The topological polar surface area (TPSA) is 99.6 Å². The Bertz CT molecular complexity index is 1200. The molecule has 0 aliphatic carbocycles. The van der Waals surface area contributed by atoms with E-state index in [-0.39, 0.29) is 17.1 Å². The van der Waals surface area contributed by atoms with E-state index in [1.807, 2.05) is 37.3 Å². The second-order valence-electron chi connectivity index (χ2n) is 6.58. The van der Waals surface area contributed by atoms with Gasteiger partial charge in [-0.25, -0.2) is 27.0 Å². The highest BCUT2D eigenvalue weighted by molar-refractivity contribution is 7.92. The number of aromatic nitrogens is 1. The van der Waals surface area contributed by atoms with Gasteiger partial charge in [-0.3, -0.25) is 4.72 Å². The van der Waals surface area contributed by atoms with Crippen LogP contribution in [0.15, 0.2) is 65.7 Å². The number of carboxylic acids is 1. The van der Waals surface area contributed by atoms with Crippen molar-refractivity contribution < 1.29 is 27.1 Å². The molecule has 0 bridgehead atoms. The molecule has 7 nitrogen and oxygen atoms in total. The van der Waals surface area contributed by atoms with Gasteiger partial charge < -0.3 is 10.0 Å². The Kier molecular flexibility index (Phi) is 6.50. The van der Waals surface area contributed by atoms with E-state index >= 15 is 0 Å². The fraction of sp³-hybridized carbons (Fsp3) is 0.143. The quantitative estimate of drug-likeness (QED) is 0.544. The molecule has 0 saturated carbocycles. The van der Waals surface area contributed by atoms with Crippen molar-refractivity contribution in [2.24, 2.45) is 0 Å². The lowest BCUT2D eigenvalue weighted by Crippen LogP contribution is -2.26. The summed E-state index contributed by atoms with van der Waals surface area (Å²) in [4.78, 5) is 16.8. The SMILES string of the molecule is CCN(Cc1ccccc1)c1ncc(NS(=O)(=O)c2cc(F)ccc2F)cc1C(=O)O. The van der Waals surface area contributed by atoms with Crippen molar-refractivity contribution in [3.63, 3.8) is 0 Å². The maximum atomic E-state index is 13.9. The molecule has 0 radical (unpaired) electrons. The van der Waals surface area contributed by atoms with Crippen molar-refractivity contribution in [1.82, 2.24) is 4.98 Å². The molecule has 0 saturated heterocycles. The normalized spacial score (nSPS) is 11.2. The van der Waals surface area contributed by atoms with Crippen molar-refractivity contribution in [1.29, 1.82) is 0 Å². The van der Waals surface area contributed by atoms with Crippen LogP contribution < -0.4 is 9.62 Å². The second-order valence-corrected chi connectivity index (χ2v) is 8.23. The highest BCUT2D eigenvalue weighted by atomic mass is 32.2. The summed E-state index contributed by atoms with van der Waals surface area (Å²) in [5, 5.41) is 9.64. The molecular formula is C21H19F2N3O4S. The highest BCUT2D eigenvalue weighted by Crippen LogP contribution is 2.25. The Morgan fingerprint density at radius 1 is 1.13 bits per heavy atom. The van der Waals surface area contributed by atoms with Crippen LogP contribution in [-0.4, -0.2) is 31.0 Å². The number of anilines is 2. The van der Waals surface area contributed by atoms with Gasteiger partial charge in [0.05, 0.1) is 11.9 Å². The first-order valence-corrected chi connectivity index (χ1v) is 10.7. The van der Waals surface area contributed by atoms with Crippen LogP contribution in [0.5, 0.6) is 0 Å². The molecule has 10 heteroatoms. The van der Waals surface area contributed by atoms with E-state index in [4.69, 9.17) is 0 Å². The maximum Gasteiger partial charge on any atom is 0.339 e. The molecule has 0 atom stereocenters. The number of aromatic carboxylic acids is 1. The summed E-state index contributed by atoms with van der Waals surface area (Å²) in [6.45, 7) is 2.67. The monoisotopic (exact) mass is 447 g/mol. The van der Waals surface area contributed by atoms with Crippen molar-refractivity contribution in [2.75, 3.05) is 16.2 Å². The first-order chi connectivity index (χ1) is 14.7. The fourth-order valence-electron chi connectivity index (χ4n) is 2.96. The van der Waals surface area contributed by atoms with Gasteiger partial charge in [0.15, 0.2) is 0 Å². The van der Waals surface area contributed by atoms with Gasteiger partial charge in [-0.1, -0.05) is 30.3 Å². The largest absolute Gasteiger partial charge is 0.478 e. The van der Waals surface area contributed by atoms with Gasteiger partial charge in [0, 0.05) is 13.1 Å². The van der Waals surface area contributed by atoms with Crippen molar-refractivity contribution >= 4 is 27.5 Å². The molecule has 1 heterocycles. The summed E-state index contributed by atoms with van der Waals surface area (Å²) in [6, 6.07) is 12.5. The van der Waals surface area contributed by atoms with E-state index in [1.54, 1.807) is 4.90 Å². The Morgan fingerprint density at radius 3 is 2.48 bits per heavy atom. The summed E-state index contributed by atoms with van der Waals surface area (Å²) in [5.74, 6) is -3.23. The molecule has 2 aromatic carbocycles. The number of halogens is 2. The second kappa shape index (κ2) is 9.09. The predicted octanol–water partition coefficient (Wildman–Crippen LogP) is 3.89. The number of nitrogens with one attached hydrogen (secondary N) is 1. The molecule has 3 aromatic rings. The van der Waals surface area contributed by atoms with Crippen LogP contribution in [0.2, 0.25) is 0 Å². The van der Waals surface area contributed by atoms with Crippen LogP contribution in [0.1, 0.15) is 22.8 Å². The van der Waals surface area contributed by atoms with Gasteiger partial charge in [-0.15, -0.1) is 0 Å². The average Bonchev–Trinajstić information content (AvgIpc) is 2.74. The third kappa shape index (κ3) is 5.15. The number of benzene rings is 2. The van der Waals surface area contributed by atoms with Gasteiger partial charge >= 0.3 is 5.97 Å². The predicted molar refractivity (Wildman–Crippen MR) is 112 cm³/mol. The minimum absolute atomic E-state index is 0.152. The van der Waals surface area contributed by atoms with Crippen molar-refractivity contribution in [3.8, 4) is 0 Å². The van der Waals surface area contributed by atoms with Crippen LogP contribution >= 0.6 is 0 Å². The Labute approximate surface area is 178 Å². The van der Waals surface area contributed by atoms with Gasteiger partial charge in [0.25, 0.3) is 10.0 Å². The van der Waals surface area contributed by atoms with E-state index in [0.29, 0.717) is 25.2 Å². The maximum absolute atomic E-state index is 13.9. The lowest BCUT2D eigenvalue weighted by atomic mass is 10.2. The Hall–Kier alpha value is -3.53. The molecule has 3 rings (SSSR count). The summed E-state index contributed by atoms with van der Waals surface area (Å²) in [7, 11) is -4.51. The van der Waals surface area contributed by atoms with Crippen LogP contribution in [0.4, 0.5) is 20.3 Å². The standard InChI is InChI=1S/C21H19F2N3O4S/c1-2-26(13-14-6-4-3-5-7-14)20-17(21(27)28)11-16(12-24-20)25-31(29,30)19-10-15(22)8-9-18(19)23/h3-12,25H,2,13H2,1H3,(H,27,28). The molecule has 0 unspecified atom stereocenters. The number of nitrogens with zero attached hydrogens (tertiary/aromatic N) is 2. The first kappa shape index (κ1) is 22.2. The minimum Gasteiger partial charge on any atom is -0.478 e.